The smallest absolute Gasteiger partial charge is 0.274 e. The van der Waals surface area contributed by atoms with Crippen LogP contribution in [0.1, 0.15) is 21.5 Å². The Balaban J connectivity index is 1.97. The third-order valence-corrected chi connectivity index (χ3v) is 5.79. The first-order valence-corrected chi connectivity index (χ1v) is 9.54. The van der Waals surface area contributed by atoms with E-state index in [9.17, 15) is 4.79 Å². The van der Waals surface area contributed by atoms with Crippen LogP contribution in [0.4, 0.5) is 5.69 Å². The van der Waals surface area contributed by atoms with Gasteiger partial charge in [0.15, 0.2) is 0 Å². The van der Waals surface area contributed by atoms with Gasteiger partial charge in [-0.2, -0.15) is 0 Å². The number of halogens is 2. The van der Waals surface area contributed by atoms with E-state index in [1.807, 2.05) is 36.4 Å². The van der Waals surface area contributed by atoms with Crippen LogP contribution >= 0.6 is 35.0 Å². The van der Waals surface area contributed by atoms with Gasteiger partial charge in [0.2, 0.25) is 0 Å². The second-order valence-electron chi connectivity index (χ2n) is 5.81. The van der Waals surface area contributed by atoms with E-state index in [0.29, 0.717) is 27.0 Å². The largest absolute Gasteiger partial charge is 0.288 e. The van der Waals surface area contributed by atoms with Gasteiger partial charge in [0.25, 0.3) is 5.91 Å². The van der Waals surface area contributed by atoms with E-state index in [2.05, 4.69) is 0 Å². The molecule has 1 aliphatic rings. The van der Waals surface area contributed by atoms with Crippen molar-refractivity contribution >= 4 is 52.3 Å². The normalized spacial score (nSPS) is 12.5. The van der Waals surface area contributed by atoms with Crippen LogP contribution in [0.2, 0.25) is 10.0 Å². The third kappa shape index (κ3) is 3.47. The highest BCUT2D eigenvalue weighted by molar-refractivity contribution is 7.99. The van der Waals surface area contributed by atoms with Gasteiger partial charge in [0.1, 0.15) is 0 Å². The van der Waals surface area contributed by atoms with Crippen molar-refractivity contribution in [1.82, 2.24) is 5.48 Å². The van der Waals surface area contributed by atoms with Crippen molar-refractivity contribution in [1.29, 1.82) is 0 Å². The average molecular weight is 415 g/mol. The van der Waals surface area contributed by atoms with E-state index >= 15 is 0 Å². The summed E-state index contributed by atoms with van der Waals surface area (Å²) in [4.78, 5) is 18.5. The molecule has 0 aromatic heterocycles. The summed E-state index contributed by atoms with van der Waals surface area (Å²) in [5, 5.41) is 9.95. The minimum absolute atomic E-state index is 0.313. The average Bonchev–Trinajstić information content (AvgIpc) is 2.83. The fraction of sp³-hybridized carbons (Fsp3) is 0. The molecule has 4 nitrogen and oxygen atoms in total. The lowest BCUT2D eigenvalue weighted by Crippen LogP contribution is -2.18. The Hall–Kier alpha value is -2.31. The maximum absolute atomic E-state index is 11.8. The molecule has 3 aromatic rings. The Morgan fingerprint density at radius 1 is 0.963 bits per heavy atom. The number of aliphatic imine (C=N–C) groups is 1. The summed E-state index contributed by atoms with van der Waals surface area (Å²) in [6.07, 6.45) is 0. The molecular weight excluding hydrogens is 403 g/mol. The minimum atomic E-state index is -0.592. The van der Waals surface area contributed by atoms with Crippen molar-refractivity contribution in [2.45, 2.75) is 9.79 Å². The molecule has 0 spiro atoms. The summed E-state index contributed by atoms with van der Waals surface area (Å²) in [7, 11) is 0. The zero-order chi connectivity index (χ0) is 19.0. The third-order valence-electron chi connectivity index (χ3n) is 4.10. The number of carbonyl (C=O) groups is 1. The number of hydrogen-bond acceptors (Lipinski definition) is 4. The fourth-order valence-electron chi connectivity index (χ4n) is 2.83. The van der Waals surface area contributed by atoms with Gasteiger partial charge >= 0.3 is 0 Å². The zero-order valence-electron chi connectivity index (χ0n) is 13.7. The van der Waals surface area contributed by atoms with Crippen LogP contribution in [-0.4, -0.2) is 16.8 Å². The lowest BCUT2D eigenvalue weighted by molar-refractivity contribution is 0.0706. The van der Waals surface area contributed by atoms with E-state index in [0.717, 1.165) is 20.9 Å². The number of nitrogens with one attached hydrogen (secondary N) is 1. The van der Waals surface area contributed by atoms with Crippen molar-refractivity contribution in [3.05, 3.63) is 87.4 Å². The molecule has 7 heteroatoms. The standard InChI is InChI=1S/C20H12Cl2N2O2S/c21-12-6-7-13(15(22)10-12)19-14-3-1-2-4-17(14)27-18-8-5-11(20(25)24-26)9-16(18)23-19/h1-10,26H,(H,24,25). The van der Waals surface area contributed by atoms with Crippen LogP contribution in [0.3, 0.4) is 0 Å². The van der Waals surface area contributed by atoms with Crippen molar-refractivity contribution in [3.8, 4) is 0 Å². The molecule has 0 fully saturated rings. The topological polar surface area (TPSA) is 61.7 Å². The summed E-state index contributed by atoms with van der Waals surface area (Å²) in [5.41, 5.74) is 4.97. The molecule has 0 atom stereocenters. The highest BCUT2D eigenvalue weighted by Gasteiger charge is 2.21. The highest BCUT2D eigenvalue weighted by atomic mass is 35.5. The molecule has 27 heavy (non-hydrogen) atoms. The summed E-state index contributed by atoms with van der Waals surface area (Å²) >= 11 is 14.0. The number of fused-ring (bicyclic) bond motifs is 2. The van der Waals surface area contributed by atoms with Crippen LogP contribution in [0, 0.1) is 0 Å². The summed E-state index contributed by atoms with van der Waals surface area (Å²) in [6.45, 7) is 0. The van der Waals surface area contributed by atoms with Gasteiger partial charge in [-0.05, 0) is 42.5 Å². The molecular formula is C20H12Cl2N2O2S. The van der Waals surface area contributed by atoms with Gasteiger partial charge in [-0.3, -0.25) is 10.0 Å². The molecule has 4 rings (SSSR count). The van der Waals surface area contributed by atoms with Gasteiger partial charge in [-0.25, -0.2) is 10.5 Å². The molecule has 0 saturated heterocycles. The van der Waals surface area contributed by atoms with Gasteiger partial charge in [0, 0.05) is 31.5 Å². The zero-order valence-corrected chi connectivity index (χ0v) is 16.1. The fourth-order valence-corrected chi connectivity index (χ4v) is 4.34. The number of benzene rings is 3. The molecule has 0 radical (unpaired) electrons. The number of hydroxylamine groups is 1. The Bertz CT molecular complexity index is 1100. The first-order valence-electron chi connectivity index (χ1n) is 7.96. The van der Waals surface area contributed by atoms with E-state index in [4.69, 9.17) is 33.4 Å². The SMILES string of the molecule is O=C(NO)c1ccc2c(c1)N=C(c1ccc(Cl)cc1Cl)c1ccccc1S2. The van der Waals surface area contributed by atoms with Crippen LogP contribution in [0.15, 0.2) is 75.4 Å². The number of rotatable bonds is 2. The lowest BCUT2D eigenvalue weighted by Gasteiger charge is -2.10. The summed E-state index contributed by atoms with van der Waals surface area (Å²) < 4.78 is 0. The predicted octanol–water partition coefficient (Wildman–Crippen LogP) is 5.75. The monoisotopic (exact) mass is 414 g/mol. The van der Waals surface area contributed by atoms with Crippen LogP contribution in [0.5, 0.6) is 0 Å². The molecule has 0 unspecified atom stereocenters. The quantitative estimate of drug-likeness (QED) is 0.324. The van der Waals surface area contributed by atoms with E-state index in [-0.39, 0.29) is 0 Å². The Morgan fingerprint density at radius 3 is 2.56 bits per heavy atom. The van der Waals surface area contributed by atoms with Crippen molar-refractivity contribution in [2.75, 3.05) is 0 Å². The van der Waals surface area contributed by atoms with E-state index in [1.54, 1.807) is 41.5 Å². The Labute approximate surface area is 169 Å². The predicted molar refractivity (Wildman–Crippen MR) is 108 cm³/mol. The number of nitrogens with zero attached hydrogens (tertiary/aromatic N) is 1. The first kappa shape index (κ1) is 18.1. The van der Waals surface area contributed by atoms with E-state index < -0.39 is 5.91 Å². The summed E-state index contributed by atoms with van der Waals surface area (Å²) in [5.74, 6) is -0.592. The van der Waals surface area contributed by atoms with Gasteiger partial charge in [-0.15, -0.1) is 0 Å². The van der Waals surface area contributed by atoms with Crippen LogP contribution in [0.25, 0.3) is 0 Å². The highest BCUT2D eigenvalue weighted by Crippen LogP contribution is 2.42. The number of carbonyl (C=O) groups excluding carboxylic acids is 1. The van der Waals surface area contributed by atoms with Crippen molar-refractivity contribution in [2.24, 2.45) is 4.99 Å². The second-order valence-corrected chi connectivity index (χ2v) is 7.73. The maximum atomic E-state index is 11.8. The van der Waals surface area contributed by atoms with Crippen LogP contribution in [-0.2, 0) is 0 Å². The first-order chi connectivity index (χ1) is 13.1. The molecule has 3 aromatic carbocycles. The molecule has 2 N–H and O–H groups in total. The van der Waals surface area contributed by atoms with Gasteiger partial charge in [-0.1, -0.05) is 53.2 Å². The lowest BCUT2D eigenvalue weighted by atomic mass is 10.0. The van der Waals surface area contributed by atoms with Gasteiger partial charge in [0.05, 0.1) is 16.4 Å². The van der Waals surface area contributed by atoms with Crippen LogP contribution < -0.4 is 5.48 Å². The second kappa shape index (κ2) is 7.37. The molecule has 0 bridgehead atoms. The molecule has 0 saturated carbocycles. The molecule has 1 heterocycles. The molecule has 1 aliphatic heterocycles. The molecule has 1 amide bonds. The maximum Gasteiger partial charge on any atom is 0.274 e. The van der Waals surface area contributed by atoms with Crippen molar-refractivity contribution in [3.63, 3.8) is 0 Å². The Morgan fingerprint density at radius 2 is 1.78 bits per heavy atom. The Kier molecular flexibility index (Phi) is 4.93. The number of hydrogen-bond donors (Lipinski definition) is 2. The van der Waals surface area contributed by atoms with E-state index in [1.165, 1.54) is 0 Å². The molecule has 0 aliphatic carbocycles. The van der Waals surface area contributed by atoms with Gasteiger partial charge < -0.3 is 0 Å². The number of amides is 1. The van der Waals surface area contributed by atoms with Crippen molar-refractivity contribution < 1.29 is 10.0 Å². The summed E-state index contributed by atoms with van der Waals surface area (Å²) in [6, 6.07) is 18.3. The minimum Gasteiger partial charge on any atom is -0.288 e. The molecule has 134 valence electrons.